The van der Waals surface area contributed by atoms with Gasteiger partial charge in [0.2, 0.25) is 0 Å². The second kappa shape index (κ2) is 6.45. The number of halogens is 2. The van der Waals surface area contributed by atoms with Gasteiger partial charge < -0.3 is 4.74 Å². The molecule has 0 aliphatic heterocycles. The molecular weight excluding hydrogens is 262 g/mol. The van der Waals surface area contributed by atoms with Gasteiger partial charge in [-0.2, -0.15) is 8.78 Å². The molecule has 0 amide bonds. The van der Waals surface area contributed by atoms with E-state index >= 15 is 0 Å². The van der Waals surface area contributed by atoms with Crippen molar-refractivity contribution in [2.75, 3.05) is 0 Å². The maximum absolute atomic E-state index is 12.2. The monoisotopic (exact) mass is 278 g/mol. The van der Waals surface area contributed by atoms with E-state index in [2.05, 4.69) is 10.2 Å². The predicted molar refractivity (Wildman–Crippen MR) is 73.4 cm³/mol. The van der Waals surface area contributed by atoms with Gasteiger partial charge in [0.1, 0.15) is 5.75 Å². The molecule has 0 saturated carbocycles. The number of nitrogens with two attached hydrogens (primary N) is 1. The minimum Gasteiger partial charge on any atom is -0.435 e. The number of benzene rings is 2. The molecule has 0 fully saturated rings. The maximum atomic E-state index is 12.2. The van der Waals surface area contributed by atoms with Crippen molar-refractivity contribution in [2.24, 2.45) is 5.84 Å². The summed E-state index contributed by atoms with van der Waals surface area (Å²) in [4.78, 5) is 0. The zero-order chi connectivity index (χ0) is 14.5. The lowest BCUT2D eigenvalue weighted by atomic mass is 9.98. The lowest BCUT2D eigenvalue weighted by molar-refractivity contribution is -0.0498. The van der Waals surface area contributed by atoms with Gasteiger partial charge in [-0.25, -0.2) is 5.43 Å². The minimum atomic E-state index is -2.84. The Hall–Kier alpha value is -1.98. The largest absolute Gasteiger partial charge is 0.435 e. The molecular formula is C15H16F2N2O. The van der Waals surface area contributed by atoms with E-state index in [1.165, 1.54) is 6.07 Å². The quantitative estimate of drug-likeness (QED) is 0.652. The van der Waals surface area contributed by atoms with Crippen molar-refractivity contribution in [1.82, 2.24) is 5.43 Å². The van der Waals surface area contributed by atoms with Crippen molar-refractivity contribution in [2.45, 2.75) is 19.6 Å². The van der Waals surface area contributed by atoms with Gasteiger partial charge in [0.15, 0.2) is 0 Å². The molecule has 3 N–H and O–H groups in total. The van der Waals surface area contributed by atoms with Gasteiger partial charge in [-0.1, -0.05) is 42.0 Å². The van der Waals surface area contributed by atoms with Crippen LogP contribution in [0.15, 0.2) is 48.5 Å². The van der Waals surface area contributed by atoms with Gasteiger partial charge in [0.05, 0.1) is 6.04 Å². The molecule has 2 rings (SSSR count). The first kappa shape index (κ1) is 14.4. The highest BCUT2D eigenvalue weighted by Gasteiger charge is 2.14. The van der Waals surface area contributed by atoms with Crippen LogP contribution >= 0.6 is 0 Å². The van der Waals surface area contributed by atoms with Gasteiger partial charge in [0, 0.05) is 0 Å². The van der Waals surface area contributed by atoms with Crippen LogP contribution in [0.2, 0.25) is 0 Å². The van der Waals surface area contributed by atoms with Crippen molar-refractivity contribution in [3.63, 3.8) is 0 Å². The fraction of sp³-hybridized carbons (Fsp3) is 0.200. The Morgan fingerprint density at radius 3 is 2.30 bits per heavy atom. The number of nitrogens with one attached hydrogen (secondary N) is 1. The average molecular weight is 278 g/mol. The summed E-state index contributed by atoms with van der Waals surface area (Å²) >= 11 is 0. The number of aryl methyl sites for hydroxylation is 1. The van der Waals surface area contributed by atoms with E-state index in [4.69, 9.17) is 5.84 Å². The molecule has 0 bridgehead atoms. The van der Waals surface area contributed by atoms with Crippen LogP contribution in [-0.2, 0) is 0 Å². The molecule has 0 spiro atoms. The van der Waals surface area contributed by atoms with Gasteiger partial charge in [-0.3, -0.25) is 5.84 Å². The molecule has 2 aromatic rings. The van der Waals surface area contributed by atoms with Gasteiger partial charge in [-0.05, 0) is 30.2 Å². The van der Waals surface area contributed by atoms with Gasteiger partial charge >= 0.3 is 6.61 Å². The van der Waals surface area contributed by atoms with Crippen molar-refractivity contribution in [3.8, 4) is 5.75 Å². The summed E-state index contributed by atoms with van der Waals surface area (Å²) in [5.74, 6) is 5.72. The maximum Gasteiger partial charge on any atom is 0.387 e. The molecule has 0 aromatic heterocycles. The smallest absolute Gasteiger partial charge is 0.387 e. The standard InChI is InChI=1S/C15H16F2N2O/c1-10-4-2-5-11(8-10)14(19-18)12-6-3-7-13(9-12)20-15(16)17/h2-9,14-15,19H,18H2,1H3. The highest BCUT2D eigenvalue weighted by Crippen LogP contribution is 2.25. The van der Waals surface area contributed by atoms with E-state index in [1.54, 1.807) is 12.1 Å². The zero-order valence-electron chi connectivity index (χ0n) is 11.0. The molecule has 106 valence electrons. The molecule has 20 heavy (non-hydrogen) atoms. The third-order valence-corrected chi connectivity index (χ3v) is 2.96. The van der Waals surface area contributed by atoms with E-state index in [-0.39, 0.29) is 11.8 Å². The Bertz CT molecular complexity index is 575. The molecule has 0 saturated heterocycles. The zero-order valence-corrected chi connectivity index (χ0v) is 11.0. The number of hydrogen-bond acceptors (Lipinski definition) is 3. The van der Waals surface area contributed by atoms with E-state index in [0.717, 1.165) is 16.7 Å². The highest BCUT2D eigenvalue weighted by molar-refractivity contribution is 5.37. The first-order chi connectivity index (χ1) is 9.60. The van der Waals surface area contributed by atoms with Gasteiger partial charge in [0.25, 0.3) is 0 Å². The first-order valence-corrected chi connectivity index (χ1v) is 6.17. The Morgan fingerprint density at radius 2 is 1.70 bits per heavy atom. The van der Waals surface area contributed by atoms with Crippen LogP contribution < -0.4 is 16.0 Å². The van der Waals surface area contributed by atoms with E-state index in [0.29, 0.717) is 0 Å². The van der Waals surface area contributed by atoms with Crippen LogP contribution in [0, 0.1) is 6.92 Å². The highest BCUT2D eigenvalue weighted by atomic mass is 19.3. The molecule has 1 unspecified atom stereocenters. The van der Waals surface area contributed by atoms with Gasteiger partial charge in [-0.15, -0.1) is 0 Å². The predicted octanol–water partition coefficient (Wildman–Crippen LogP) is 3.15. The number of alkyl halides is 2. The Labute approximate surface area is 116 Å². The van der Waals surface area contributed by atoms with Crippen molar-refractivity contribution >= 4 is 0 Å². The van der Waals surface area contributed by atoms with Crippen molar-refractivity contribution in [1.29, 1.82) is 0 Å². The summed E-state index contributed by atoms with van der Waals surface area (Å²) in [7, 11) is 0. The Morgan fingerprint density at radius 1 is 1.05 bits per heavy atom. The van der Waals surface area contributed by atoms with E-state index in [9.17, 15) is 8.78 Å². The first-order valence-electron chi connectivity index (χ1n) is 6.17. The topological polar surface area (TPSA) is 47.3 Å². The lowest BCUT2D eigenvalue weighted by Crippen LogP contribution is -2.28. The Balaban J connectivity index is 2.32. The molecule has 0 aliphatic carbocycles. The molecule has 2 aromatic carbocycles. The molecule has 0 radical (unpaired) electrons. The summed E-state index contributed by atoms with van der Waals surface area (Å²) in [6.07, 6.45) is 0. The third-order valence-electron chi connectivity index (χ3n) is 2.96. The normalized spacial score (nSPS) is 12.4. The number of ether oxygens (including phenoxy) is 1. The second-order valence-corrected chi connectivity index (χ2v) is 4.46. The minimum absolute atomic E-state index is 0.116. The fourth-order valence-electron chi connectivity index (χ4n) is 2.10. The summed E-state index contributed by atoms with van der Waals surface area (Å²) in [6.45, 7) is -0.860. The van der Waals surface area contributed by atoms with Crippen LogP contribution in [0.5, 0.6) is 5.75 Å². The van der Waals surface area contributed by atoms with E-state index in [1.807, 2.05) is 37.3 Å². The summed E-state index contributed by atoms with van der Waals surface area (Å²) < 4.78 is 28.9. The fourth-order valence-corrected chi connectivity index (χ4v) is 2.10. The van der Waals surface area contributed by atoms with Crippen LogP contribution in [-0.4, -0.2) is 6.61 Å². The molecule has 0 aliphatic rings. The molecule has 5 heteroatoms. The summed E-state index contributed by atoms with van der Waals surface area (Å²) in [6, 6.07) is 14.1. The van der Waals surface area contributed by atoms with Crippen LogP contribution in [0.1, 0.15) is 22.7 Å². The van der Waals surface area contributed by atoms with Crippen LogP contribution in [0.3, 0.4) is 0 Å². The van der Waals surface area contributed by atoms with E-state index < -0.39 is 6.61 Å². The molecule has 3 nitrogen and oxygen atoms in total. The molecule has 0 heterocycles. The third kappa shape index (κ3) is 3.53. The SMILES string of the molecule is Cc1cccc(C(NN)c2cccc(OC(F)F)c2)c1. The number of hydrogen-bond donors (Lipinski definition) is 2. The lowest BCUT2D eigenvalue weighted by Gasteiger charge is -2.18. The van der Waals surface area contributed by atoms with Crippen LogP contribution in [0.4, 0.5) is 8.78 Å². The van der Waals surface area contributed by atoms with Crippen molar-refractivity contribution < 1.29 is 13.5 Å². The second-order valence-electron chi connectivity index (χ2n) is 4.46. The summed E-state index contributed by atoms with van der Waals surface area (Å²) in [5, 5.41) is 0. The summed E-state index contributed by atoms with van der Waals surface area (Å²) in [5.41, 5.74) is 5.52. The number of rotatable bonds is 5. The van der Waals surface area contributed by atoms with Crippen LogP contribution in [0.25, 0.3) is 0 Å². The van der Waals surface area contributed by atoms with Crippen molar-refractivity contribution in [3.05, 3.63) is 65.2 Å². The average Bonchev–Trinajstić information content (AvgIpc) is 2.39. The number of hydrazine groups is 1. The Kier molecular flexibility index (Phi) is 4.65. The molecule has 1 atom stereocenters.